The van der Waals surface area contributed by atoms with E-state index in [4.69, 9.17) is 11.6 Å². The van der Waals surface area contributed by atoms with Gasteiger partial charge in [0.15, 0.2) is 0 Å². The highest BCUT2D eigenvalue weighted by molar-refractivity contribution is 6.29. The van der Waals surface area contributed by atoms with Gasteiger partial charge in [0.1, 0.15) is 22.5 Å². The lowest BCUT2D eigenvalue weighted by molar-refractivity contribution is 0.475. The van der Waals surface area contributed by atoms with Crippen LogP contribution in [0.25, 0.3) is 0 Å². The highest BCUT2D eigenvalue weighted by Crippen LogP contribution is 2.18. The van der Waals surface area contributed by atoms with Crippen molar-refractivity contribution in [3.63, 3.8) is 0 Å². The summed E-state index contributed by atoms with van der Waals surface area (Å²) in [4.78, 5) is 8.59. The zero-order chi connectivity index (χ0) is 13.8. The fourth-order valence-electron chi connectivity index (χ4n) is 1.59. The zero-order valence-corrected chi connectivity index (χ0v) is 11.6. The highest BCUT2D eigenvalue weighted by atomic mass is 35.5. The number of phenols is 1. The Balaban J connectivity index is 2.08. The molecule has 4 nitrogen and oxygen atoms in total. The molecule has 0 saturated heterocycles. The maximum absolute atomic E-state index is 9.22. The molecule has 2 rings (SSSR count). The number of halogens is 1. The Kier molecular flexibility index (Phi) is 4.22. The standard InChI is InChI=1S/C14H16ClN3O/c1-9(2)14-17-12(15)7-13(18-14)16-8-10-3-5-11(19)6-4-10/h3-7,9,19H,8H2,1-2H3,(H,16,17,18). The molecule has 1 aromatic carbocycles. The van der Waals surface area contributed by atoms with Gasteiger partial charge in [-0.3, -0.25) is 0 Å². The summed E-state index contributed by atoms with van der Waals surface area (Å²) in [5.74, 6) is 1.92. The van der Waals surface area contributed by atoms with E-state index in [-0.39, 0.29) is 11.7 Å². The number of nitrogens with zero attached hydrogens (tertiary/aromatic N) is 2. The first kappa shape index (κ1) is 13.6. The van der Waals surface area contributed by atoms with Crippen molar-refractivity contribution in [2.45, 2.75) is 26.3 Å². The number of benzene rings is 1. The van der Waals surface area contributed by atoms with Crippen molar-refractivity contribution in [2.75, 3.05) is 5.32 Å². The minimum Gasteiger partial charge on any atom is -0.508 e. The third kappa shape index (κ3) is 3.83. The van der Waals surface area contributed by atoms with E-state index in [2.05, 4.69) is 15.3 Å². The van der Waals surface area contributed by atoms with Crippen molar-refractivity contribution in [3.8, 4) is 5.75 Å². The molecule has 0 fully saturated rings. The summed E-state index contributed by atoms with van der Waals surface area (Å²) in [6.45, 7) is 4.66. The summed E-state index contributed by atoms with van der Waals surface area (Å²) >= 11 is 5.97. The minimum absolute atomic E-state index is 0.230. The Labute approximate surface area is 117 Å². The Morgan fingerprint density at radius 3 is 2.53 bits per heavy atom. The van der Waals surface area contributed by atoms with Crippen molar-refractivity contribution in [3.05, 3.63) is 46.9 Å². The number of aromatic nitrogens is 2. The molecule has 0 aliphatic carbocycles. The lowest BCUT2D eigenvalue weighted by Gasteiger charge is -2.09. The molecule has 2 N–H and O–H groups in total. The number of nitrogens with one attached hydrogen (secondary N) is 1. The number of rotatable bonds is 4. The molecule has 0 amide bonds. The lowest BCUT2D eigenvalue weighted by Crippen LogP contribution is -2.05. The molecule has 1 aromatic heterocycles. The summed E-state index contributed by atoms with van der Waals surface area (Å²) < 4.78 is 0. The molecule has 1 heterocycles. The second-order valence-corrected chi connectivity index (χ2v) is 5.00. The molecule has 100 valence electrons. The van der Waals surface area contributed by atoms with Gasteiger partial charge in [-0.15, -0.1) is 0 Å². The molecule has 0 aliphatic heterocycles. The van der Waals surface area contributed by atoms with Gasteiger partial charge in [0.25, 0.3) is 0 Å². The van der Waals surface area contributed by atoms with Gasteiger partial charge in [0, 0.05) is 18.5 Å². The van der Waals surface area contributed by atoms with Crippen LogP contribution >= 0.6 is 11.6 Å². The molecular formula is C14H16ClN3O. The first-order valence-electron chi connectivity index (χ1n) is 6.11. The van der Waals surface area contributed by atoms with Crippen LogP contribution in [0.3, 0.4) is 0 Å². The van der Waals surface area contributed by atoms with Gasteiger partial charge in [-0.2, -0.15) is 0 Å². The number of hydrogen-bond donors (Lipinski definition) is 2. The van der Waals surface area contributed by atoms with Crippen molar-refractivity contribution in [1.82, 2.24) is 9.97 Å². The summed E-state index contributed by atoms with van der Waals surface area (Å²) in [5.41, 5.74) is 1.05. The van der Waals surface area contributed by atoms with Crippen molar-refractivity contribution >= 4 is 17.4 Å². The van der Waals surface area contributed by atoms with Crippen LogP contribution in [-0.2, 0) is 6.54 Å². The van der Waals surface area contributed by atoms with E-state index < -0.39 is 0 Å². The van der Waals surface area contributed by atoms with Crippen LogP contribution in [0, 0.1) is 0 Å². The monoisotopic (exact) mass is 277 g/mol. The predicted molar refractivity (Wildman–Crippen MR) is 76.6 cm³/mol. The van der Waals surface area contributed by atoms with Gasteiger partial charge in [0.2, 0.25) is 0 Å². The Hall–Kier alpha value is -1.81. The van der Waals surface area contributed by atoms with Gasteiger partial charge < -0.3 is 10.4 Å². The van der Waals surface area contributed by atoms with E-state index >= 15 is 0 Å². The normalized spacial score (nSPS) is 10.7. The van der Waals surface area contributed by atoms with Crippen LogP contribution in [0.2, 0.25) is 5.15 Å². The number of phenolic OH excluding ortho intramolecular Hbond substituents is 1. The molecule has 0 radical (unpaired) electrons. The molecule has 0 bridgehead atoms. The lowest BCUT2D eigenvalue weighted by atomic mass is 10.2. The van der Waals surface area contributed by atoms with Gasteiger partial charge >= 0.3 is 0 Å². The number of hydrogen-bond acceptors (Lipinski definition) is 4. The summed E-state index contributed by atoms with van der Waals surface area (Å²) in [7, 11) is 0. The zero-order valence-electron chi connectivity index (χ0n) is 10.9. The molecular weight excluding hydrogens is 262 g/mol. The van der Waals surface area contributed by atoms with Crippen molar-refractivity contribution < 1.29 is 5.11 Å². The number of aromatic hydroxyl groups is 1. The highest BCUT2D eigenvalue weighted by Gasteiger charge is 2.06. The van der Waals surface area contributed by atoms with Crippen LogP contribution < -0.4 is 5.32 Å². The first-order chi connectivity index (χ1) is 9.04. The van der Waals surface area contributed by atoms with Gasteiger partial charge in [0.05, 0.1) is 0 Å². The molecule has 19 heavy (non-hydrogen) atoms. The van der Waals surface area contributed by atoms with Crippen LogP contribution in [0.15, 0.2) is 30.3 Å². The topological polar surface area (TPSA) is 58.0 Å². The fraction of sp³-hybridized carbons (Fsp3) is 0.286. The van der Waals surface area contributed by atoms with E-state index in [1.54, 1.807) is 18.2 Å². The van der Waals surface area contributed by atoms with Crippen LogP contribution in [0.1, 0.15) is 31.2 Å². The smallest absolute Gasteiger partial charge is 0.135 e. The summed E-state index contributed by atoms with van der Waals surface area (Å²) in [6.07, 6.45) is 0. The Morgan fingerprint density at radius 1 is 1.21 bits per heavy atom. The maximum Gasteiger partial charge on any atom is 0.135 e. The van der Waals surface area contributed by atoms with Crippen LogP contribution in [-0.4, -0.2) is 15.1 Å². The fourth-order valence-corrected chi connectivity index (χ4v) is 1.78. The van der Waals surface area contributed by atoms with E-state index in [0.29, 0.717) is 17.5 Å². The summed E-state index contributed by atoms with van der Waals surface area (Å²) in [6, 6.07) is 8.73. The van der Waals surface area contributed by atoms with Gasteiger partial charge in [-0.05, 0) is 17.7 Å². The maximum atomic E-state index is 9.22. The average Bonchev–Trinajstić information content (AvgIpc) is 2.37. The van der Waals surface area contributed by atoms with E-state index in [9.17, 15) is 5.11 Å². The molecule has 0 unspecified atom stereocenters. The second kappa shape index (κ2) is 5.89. The predicted octanol–water partition coefficient (Wildman–Crippen LogP) is 3.57. The quantitative estimate of drug-likeness (QED) is 0.839. The Bertz CT molecular complexity index is 555. The largest absolute Gasteiger partial charge is 0.508 e. The van der Waals surface area contributed by atoms with Crippen LogP contribution in [0.4, 0.5) is 5.82 Å². The van der Waals surface area contributed by atoms with E-state index in [1.165, 1.54) is 0 Å². The first-order valence-corrected chi connectivity index (χ1v) is 6.48. The molecule has 2 aromatic rings. The third-order valence-corrected chi connectivity index (χ3v) is 2.83. The molecule has 0 atom stereocenters. The van der Waals surface area contributed by atoms with E-state index in [1.807, 2.05) is 26.0 Å². The SMILES string of the molecule is CC(C)c1nc(Cl)cc(NCc2ccc(O)cc2)n1. The molecule has 5 heteroatoms. The van der Waals surface area contributed by atoms with Crippen molar-refractivity contribution in [1.29, 1.82) is 0 Å². The third-order valence-electron chi connectivity index (χ3n) is 2.64. The average molecular weight is 278 g/mol. The van der Waals surface area contributed by atoms with Crippen molar-refractivity contribution in [2.24, 2.45) is 0 Å². The molecule has 0 saturated carbocycles. The summed E-state index contributed by atoms with van der Waals surface area (Å²) in [5, 5.41) is 12.9. The number of anilines is 1. The van der Waals surface area contributed by atoms with Crippen LogP contribution in [0.5, 0.6) is 5.75 Å². The minimum atomic E-state index is 0.230. The second-order valence-electron chi connectivity index (χ2n) is 4.61. The van der Waals surface area contributed by atoms with Gasteiger partial charge in [-0.25, -0.2) is 9.97 Å². The van der Waals surface area contributed by atoms with Gasteiger partial charge in [-0.1, -0.05) is 37.6 Å². The van der Waals surface area contributed by atoms with E-state index in [0.717, 1.165) is 11.4 Å². The molecule has 0 aliphatic rings. The Morgan fingerprint density at radius 2 is 1.89 bits per heavy atom. The molecule has 0 spiro atoms.